The summed E-state index contributed by atoms with van der Waals surface area (Å²) in [6.45, 7) is 0. The summed E-state index contributed by atoms with van der Waals surface area (Å²) in [5.41, 5.74) is 3.52. The third-order valence-electron chi connectivity index (χ3n) is 4.38. The Morgan fingerprint density at radius 2 is 2.00 bits per heavy atom. The fourth-order valence-corrected chi connectivity index (χ4v) is 5.00. The van der Waals surface area contributed by atoms with E-state index in [2.05, 4.69) is 31.4 Å². The maximum absolute atomic E-state index is 13.2. The van der Waals surface area contributed by atoms with Crippen molar-refractivity contribution >= 4 is 62.1 Å². The zero-order valence-electron chi connectivity index (χ0n) is 16.8. The molecule has 0 bridgehead atoms. The Morgan fingerprint density at radius 3 is 2.72 bits per heavy atom. The van der Waals surface area contributed by atoms with Gasteiger partial charge in [0.05, 0.1) is 39.5 Å². The molecule has 4 rings (SSSR count). The van der Waals surface area contributed by atoms with Crippen LogP contribution >= 0.6 is 39.0 Å². The number of nitrogens with zero attached hydrogens (tertiary/aromatic N) is 3. The number of ether oxygens (including phenoxy) is 1. The predicted molar refractivity (Wildman–Crippen MR) is 132 cm³/mol. The number of thioether (sulfide) groups is 1. The minimum atomic E-state index is -0.300. The first-order chi connectivity index (χ1) is 15.5. The van der Waals surface area contributed by atoms with Crippen LogP contribution < -0.4 is 15.7 Å². The van der Waals surface area contributed by atoms with Crippen molar-refractivity contribution in [3.05, 3.63) is 79.7 Å². The highest BCUT2D eigenvalue weighted by atomic mass is 79.9. The highest BCUT2D eigenvalue weighted by Gasteiger charge is 2.15. The van der Waals surface area contributed by atoms with E-state index in [1.54, 1.807) is 55.8 Å². The van der Waals surface area contributed by atoms with Crippen LogP contribution in [0.1, 0.15) is 4.88 Å². The highest BCUT2D eigenvalue weighted by Crippen LogP contribution is 2.23. The number of hydrogen-bond acceptors (Lipinski definition) is 7. The summed E-state index contributed by atoms with van der Waals surface area (Å²) in [5, 5.41) is 4.90. The lowest BCUT2D eigenvalue weighted by Gasteiger charge is -2.13. The fraction of sp³-hybridized carbons (Fsp3) is 0.0909. The van der Waals surface area contributed by atoms with Crippen molar-refractivity contribution in [3.8, 4) is 11.4 Å². The summed E-state index contributed by atoms with van der Waals surface area (Å²) in [5.74, 6) is 0.428. The molecule has 0 aliphatic carbocycles. The van der Waals surface area contributed by atoms with Crippen molar-refractivity contribution < 1.29 is 9.53 Å². The average molecular weight is 529 g/mol. The van der Waals surface area contributed by atoms with Crippen molar-refractivity contribution in [3.63, 3.8) is 0 Å². The molecule has 0 saturated heterocycles. The van der Waals surface area contributed by atoms with Gasteiger partial charge in [0.2, 0.25) is 0 Å². The van der Waals surface area contributed by atoms with Gasteiger partial charge in [0.15, 0.2) is 5.16 Å². The lowest BCUT2D eigenvalue weighted by Crippen LogP contribution is -2.24. The van der Waals surface area contributed by atoms with Gasteiger partial charge < -0.3 is 4.74 Å². The van der Waals surface area contributed by atoms with Crippen LogP contribution in [0.15, 0.2) is 79.5 Å². The van der Waals surface area contributed by atoms with Gasteiger partial charge in [0, 0.05) is 4.88 Å². The molecule has 32 heavy (non-hydrogen) atoms. The summed E-state index contributed by atoms with van der Waals surface area (Å²) in [6, 6.07) is 18.1. The number of methoxy groups -OCH3 is 1. The quantitative estimate of drug-likeness (QED) is 0.165. The second-order valence-electron chi connectivity index (χ2n) is 6.47. The van der Waals surface area contributed by atoms with Crippen LogP contribution in [0.4, 0.5) is 0 Å². The SMILES string of the molecule is COc1ccc(-n2c(SCC(=O)N/N=C\c3ccc(Br)s3)nc3ccccc3c2=O)cc1. The largest absolute Gasteiger partial charge is 0.497 e. The molecular formula is C22H17BrN4O3S2. The van der Waals surface area contributed by atoms with Crippen LogP contribution in [0, 0.1) is 0 Å². The summed E-state index contributed by atoms with van der Waals surface area (Å²) >= 11 is 6.06. The Kier molecular flexibility index (Phi) is 7.03. The van der Waals surface area contributed by atoms with E-state index in [1.165, 1.54) is 27.7 Å². The van der Waals surface area contributed by atoms with Crippen LogP contribution in [-0.2, 0) is 4.79 Å². The molecule has 10 heteroatoms. The molecule has 2 aromatic carbocycles. The van der Waals surface area contributed by atoms with Gasteiger partial charge in [0.1, 0.15) is 5.75 Å². The Bertz CT molecular complexity index is 1350. The summed E-state index contributed by atoms with van der Waals surface area (Å²) in [7, 11) is 1.58. The molecule has 2 aromatic heterocycles. The highest BCUT2D eigenvalue weighted by molar-refractivity contribution is 9.11. The number of hydrogen-bond donors (Lipinski definition) is 1. The van der Waals surface area contributed by atoms with E-state index in [0.29, 0.717) is 27.5 Å². The van der Waals surface area contributed by atoms with Gasteiger partial charge in [-0.25, -0.2) is 10.4 Å². The van der Waals surface area contributed by atoms with Gasteiger partial charge in [-0.1, -0.05) is 23.9 Å². The maximum atomic E-state index is 13.2. The number of carbonyl (C=O) groups excluding carboxylic acids is 1. The Hall–Kier alpha value is -2.95. The third-order valence-corrected chi connectivity index (χ3v) is 6.88. The molecule has 0 aliphatic heterocycles. The van der Waals surface area contributed by atoms with E-state index < -0.39 is 0 Å². The minimum absolute atomic E-state index is 0.0480. The van der Waals surface area contributed by atoms with E-state index >= 15 is 0 Å². The van der Waals surface area contributed by atoms with Crippen molar-refractivity contribution in [2.24, 2.45) is 5.10 Å². The third kappa shape index (κ3) is 5.09. The molecule has 0 unspecified atom stereocenters. The van der Waals surface area contributed by atoms with Crippen LogP contribution in [0.25, 0.3) is 16.6 Å². The molecule has 2 heterocycles. The van der Waals surface area contributed by atoms with Gasteiger partial charge >= 0.3 is 0 Å². The fourth-order valence-electron chi connectivity index (χ4n) is 2.90. The number of fused-ring (bicyclic) bond motifs is 1. The summed E-state index contributed by atoms with van der Waals surface area (Å²) in [4.78, 5) is 31.1. The number of hydrazone groups is 1. The molecule has 162 valence electrons. The maximum Gasteiger partial charge on any atom is 0.266 e. The molecule has 0 saturated carbocycles. The number of nitrogens with one attached hydrogen (secondary N) is 1. The van der Waals surface area contributed by atoms with Crippen molar-refractivity contribution in [2.75, 3.05) is 12.9 Å². The number of thiophene rings is 1. The van der Waals surface area contributed by atoms with Crippen molar-refractivity contribution in [2.45, 2.75) is 5.16 Å². The van der Waals surface area contributed by atoms with Crippen molar-refractivity contribution in [1.29, 1.82) is 0 Å². The first kappa shape index (κ1) is 22.3. The molecule has 1 amide bonds. The lowest BCUT2D eigenvalue weighted by molar-refractivity contribution is -0.118. The van der Waals surface area contributed by atoms with Gasteiger partial charge in [-0.05, 0) is 64.5 Å². The smallest absolute Gasteiger partial charge is 0.266 e. The number of amides is 1. The standard InChI is InChI=1S/C22H17BrN4O3S2/c1-30-15-8-6-14(7-9-15)27-21(29)17-4-2-3-5-18(17)25-22(27)31-13-20(28)26-24-12-16-10-11-19(23)32-16/h2-12H,13H2,1H3,(H,26,28)/b24-12-. The summed E-state index contributed by atoms with van der Waals surface area (Å²) < 4.78 is 7.70. The van der Waals surface area contributed by atoms with E-state index in [0.717, 1.165) is 8.66 Å². The molecule has 1 N–H and O–H groups in total. The number of benzene rings is 2. The van der Waals surface area contributed by atoms with Crippen LogP contribution in [0.5, 0.6) is 5.75 Å². The van der Waals surface area contributed by atoms with E-state index in [-0.39, 0.29) is 17.2 Å². The molecule has 4 aromatic rings. The first-order valence-corrected chi connectivity index (χ1v) is 12.0. The van der Waals surface area contributed by atoms with Gasteiger partial charge in [-0.15, -0.1) is 11.3 Å². The Labute approximate surface area is 200 Å². The van der Waals surface area contributed by atoms with E-state index in [9.17, 15) is 9.59 Å². The van der Waals surface area contributed by atoms with Gasteiger partial charge in [-0.2, -0.15) is 5.10 Å². The minimum Gasteiger partial charge on any atom is -0.497 e. The van der Waals surface area contributed by atoms with E-state index in [1.807, 2.05) is 18.2 Å². The molecule has 0 aliphatic rings. The topological polar surface area (TPSA) is 85.6 Å². The molecule has 7 nitrogen and oxygen atoms in total. The van der Waals surface area contributed by atoms with Crippen LogP contribution in [-0.4, -0.2) is 34.5 Å². The second-order valence-corrected chi connectivity index (χ2v) is 9.91. The predicted octanol–water partition coefficient (Wildman–Crippen LogP) is 4.46. The Morgan fingerprint density at radius 1 is 1.22 bits per heavy atom. The number of para-hydroxylation sites is 1. The monoisotopic (exact) mass is 528 g/mol. The Balaban J connectivity index is 1.58. The summed E-state index contributed by atoms with van der Waals surface area (Å²) in [6.07, 6.45) is 1.58. The first-order valence-electron chi connectivity index (χ1n) is 9.41. The van der Waals surface area contributed by atoms with Crippen LogP contribution in [0.2, 0.25) is 0 Å². The number of carbonyl (C=O) groups is 1. The van der Waals surface area contributed by atoms with E-state index in [4.69, 9.17) is 4.74 Å². The molecule has 0 radical (unpaired) electrons. The average Bonchev–Trinajstić information content (AvgIpc) is 3.23. The molecule has 0 fully saturated rings. The zero-order chi connectivity index (χ0) is 22.5. The number of aromatic nitrogens is 2. The molecular weight excluding hydrogens is 512 g/mol. The number of rotatable bonds is 7. The lowest BCUT2D eigenvalue weighted by atomic mass is 10.2. The van der Waals surface area contributed by atoms with Crippen molar-refractivity contribution in [1.82, 2.24) is 15.0 Å². The second kappa shape index (κ2) is 10.1. The van der Waals surface area contributed by atoms with Crippen LogP contribution in [0.3, 0.4) is 0 Å². The van der Waals surface area contributed by atoms with Gasteiger partial charge in [-0.3, -0.25) is 14.2 Å². The zero-order valence-corrected chi connectivity index (χ0v) is 20.0. The number of halogens is 1. The van der Waals surface area contributed by atoms with Gasteiger partial charge in [0.25, 0.3) is 11.5 Å². The molecule has 0 spiro atoms. The molecule has 0 atom stereocenters. The normalized spacial score (nSPS) is 11.2.